The fourth-order valence-electron chi connectivity index (χ4n) is 3.96. The highest BCUT2D eigenvalue weighted by atomic mass is 19.1. The average Bonchev–Trinajstić information content (AvgIpc) is 3.21. The van der Waals surface area contributed by atoms with Crippen LogP contribution in [0.25, 0.3) is 0 Å². The molecule has 0 spiro atoms. The summed E-state index contributed by atoms with van der Waals surface area (Å²) in [6, 6.07) is 3.75. The lowest BCUT2D eigenvalue weighted by molar-refractivity contribution is -0.138. The molecule has 0 unspecified atom stereocenters. The zero-order valence-corrected chi connectivity index (χ0v) is 13.8. The van der Waals surface area contributed by atoms with Crippen molar-refractivity contribution in [2.75, 3.05) is 26.7 Å². The number of fused-ring (bicyclic) bond motifs is 1. The predicted octanol–water partition coefficient (Wildman–Crippen LogP) is 2.03. The lowest BCUT2D eigenvalue weighted by Crippen LogP contribution is -2.37. The number of nitrogens with zero attached hydrogens (tertiary/aromatic N) is 2. The Kier molecular flexibility index (Phi) is 4.04. The van der Waals surface area contributed by atoms with E-state index in [1.54, 1.807) is 4.90 Å². The van der Waals surface area contributed by atoms with Crippen molar-refractivity contribution in [3.8, 4) is 0 Å². The van der Waals surface area contributed by atoms with Crippen molar-refractivity contribution in [2.45, 2.75) is 31.5 Å². The van der Waals surface area contributed by atoms with E-state index in [-0.39, 0.29) is 24.0 Å². The first-order valence-corrected chi connectivity index (χ1v) is 8.57. The van der Waals surface area contributed by atoms with Crippen molar-refractivity contribution in [2.24, 2.45) is 11.8 Å². The first-order valence-electron chi connectivity index (χ1n) is 8.57. The molecule has 4 rings (SSSR count). The Hall–Kier alpha value is -1.53. The normalized spacial score (nSPS) is 30.2. The van der Waals surface area contributed by atoms with E-state index in [4.69, 9.17) is 4.74 Å². The van der Waals surface area contributed by atoms with E-state index in [0.717, 1.165) is 6.07 Å². The molecule has 1 aromatic rings. The SMILES string of the molecule is CN1C(=O)[C@@H](OCC2CC2)[C@H]2CN(Cc3cc(F)cc(F)c3)C[C@H]21. The van der Waals surface area contributed by atoms with Crippen LogP contribution in [0.15, 0.2) is 18.2 Å². The largest absolute Gasteiger partial charge is 0.368 e. The lowest BCUT2D eigenvalue weighted by Gasteiger charge is -2.22. The molecule has 24 heavy (non-hydrogen) atoms. The molecule has 130 valence electrons. The standard InChI is InChI=1S/C18H22F2N2O2/c1-21-16-9-22(7-12-4-13(19)6-14(20)5-12)8-15(16)17(18(21)23)24-10-11-2-3-11/h4-6,11,15-17H,2-3,7-10H2,1H3/t15-,16+,17-/m0/s1. The van der Waals surface area contributed by atoms with Gasteiger partial charge in [-0.2, -0.15) is 0 Å². The maximum atomic E-state index is 13.4. The third-order valence-corrected chi connectivity index (χ3v) is 5.42. The van der Waals surface area contributed by atoms with Crippen LogP contribution in [-0.4, -0.2) is 54.6 Å². The van der Waals surface area contributed by atoms with Crippen LogP contribution in [0.3, 0.4) is 0 Å². The van der Waals surface area contributed by atoms with Gasteiger partial charge >= 0.3 is 0 Å². The zero-order chi connectivity index (χ0) is 16.8. The number of likely N-dealkylation sites (N-methyl/N-ethyl adjacent to an activating group) is 1. The van der Waals surface area contributed by atoms with Gasteiger partial charge in [-0.3, -0.25) is 9.69 Å². The lowest BCUT2D eigenvalue weighted by atomic mass is 10.0. The Morgan fingerprint density at radius 2 is 1.88 bits per heavy atom. The van der Waals surface area contributed by atoms with Crippen LogP contribution in [0.5, 0.6) is 0 Å². The molecule has 0 radical (unpaired) electrons. The third kappa shape index (κ3) is 3.05. The molecule has 3 atom stereocenters. The summed E-state index contributed by atoms with van der Waals surface area (Å²) in [4.78, 5) is 16.3. The number of carbonyl (C=O) groups excluding carboxylic acids is 1. The van der Waals surface area contributed by atoms with Crippen molar-refractivity contribution in [1.29, 1.82) is 0 Å². The molecule has 1 aliphatic carbocycles. The summed E-state index contributed by atoms with van der Waals surface area (Å²) in [5.74, 6) is -0.277. The number of carbonyl (C=O) groups is 1. The van der Waals surface area contributed by atoms with Crippen LogP contribution in [0.1, 0.15) is 18.4 Å². The second-order valence-corrected chi connectivity index (χ2v) is 7.35. The van der Waals surface area contributed by atoms with Crippen LogP contribution in [0.4, 0.5) is 8.78 Å². The molecule has 3 fully saturated rings. The van der Waals surface area contributed by atoms with Crippen LogP contribution in [0, 0.1) is 23.5 Å². The molecule has 0 aromatic heterocycles. The van der Waals surface area contributed by atoms with Gasteiger partial charge in [-0.15, -0.1) is 0 Å². The predicted molar refractivity (Wildman–Crippen MR) is 84.1 cm³/mol. The number of hydrogen-bond donors (Lipinski definition) is 0. The topological polar surface area (TPSA) is 32.8 Å². The van der Waals surface area contributed by atoms with Crippen molar-refractivity contribution in [1.82, 2.24) is 9.80 Å². The van der Waals surface area contributed by atoms with Gasteiger partial charge in [0.2, 0.25) is 0 Å². The van der Waals surface area contributed by atoms with Gasteiger partial charge in [0.05, 0.1) is 12.6 Å². The Morgan fingerprint density at radius 1 is 1.17 bits per heavy atom. The first-order chi connectivity index (χ1) is 11.5. The first kappa shape index (κ1) is 16.0. The molecule has 1 saturated carbocycles. The Labute approximate surface area is 140 Å². The van der Waals surface area contributed by atoms with Crippen LogP contribution >= 0.6 is 0 Å². The van der Waals surface area contributed by atoms with Gasteiger partial charge in [-0.05, 0) is 36.5 Å². The number of benzene rings is 1. The van der Waals surface area contributed by atoms with Gasteiger partial charge in [0.25, 0.3) is 5.91 Å². The number of rotatable bonds is 5. The molecule has 2 heterocycles. The van der Waals surface area contributed by atoms with Crippen molar-refractivity contribution in [3.63, 3.8) is 0 Å². The fraction of sp³-hybridized carbons (Fsp3) is 0.611. The summed E-state index contributed by atoms with van der Waals surface area (Å²) in [5.41, 5.74) is 0.622. The highest BCUT2D eigenvalue weighted by Gasteiger charge is 2.51. The summed E-state index contributed by atoms with van der Waals surface area (Å²) < 4.78 is 32.6. The van der Waals surface area contributed by atoms with Gasteiger partial charge in [-0.1, -0.05) is 0 Å². The molecule has 1 aromatic carbocycles. The molecule has 0 bridgehead atoms. The maximum Gasteiger partial charge on any atom is 0.252 e. The van der Waals surface area contributed by atoms with Crippen LogP contribution in [0.2, 0.25) is 0 Å². The monoisotopic (exact) mass is 336 g/mol. The third-order valence-electron chi connectivity index (χ3n) is 5.42. The second-order valence-electron chi connectivity index (χ2n) is 7.35. The van der Waals surface area contributed by atoms with Gasteiger partial charge in [0.15, 0.2) is 0 Å². The number of hydrogen-bond acceptors (Lipinski definition) is 3. The van der Waals surface area contributed by atoms with Gasteiger partial charge in [-0.25, -0.2) is 8.78 Å². The minimum atomic E-state index is -0.553. The molecule has 3 aliphatic rings. The van der Waals surface area contributed by atoms with E-state index in [9.17, 15) is 13.6 Å². The summed E-state index contributed by atoms with van der Waals surface area (Å²) in [7, 11) is 1.83. The summed E-state index contributed by atoms with van der Waals surface area (Å²) in [5, 5.41) is 0. The smallest absolute Gasteiger partial charge is 0.252 e. The van der Waals surface area contributed by atoms with Gasteiger partial charge in [0, 0.05) is 38.7 Å². The molecule has 2 aliphatic heterocycles. The van der Waals surface area contributed by atoms with Crippen LogP contribution in [-0.2, 0) is 16.1 Å². The number of amides is 1. The fourth-order valence-corrected chi connectivity index (χ4v) is 3.96. The van der Waals surface area contributed by atoms with Crippen molar-refractivity contribution < 1.29 is 18.3 Å². The quantitative estimate of drug-likeness (QED) is 0.825. The minimum absolute atomic E-state index is 0.0714. The van der Waals surface area contributed by atoms with E-state index >= 15 is 0 Å². The summed E-state index contributed by atoms with van der Waals surface area (Å²) in [6.45, 7) is 2.59. The Morgan fingerprint density at radius 3 is 2.54 bits per heavy atom. The maximum absolute atomic E-state index is 13.4. The highest BCUT2D eigenvalue weighted by molar-refractivity contribution is 5.84. The van der Waals surface area contributed by atoms with E-state index in [0.29, 0.717) is 37.7 Å². The summed E-state index contributed by atoms with van der Waals surface area (Å²) in [6.07, 6.45) is 2.03. The zero-order valence-electron chi connectivity index (χ0n) is 13.8. The molecule has 2 saturated heterocycles. The van der Waals surface area contributed by atoms with E-state index in [1.807, 2.05) is 7.05 Å². The second kappa shape index (κ2) is 6.08. The van der Waals surface area contributed by atoms with E-state index in [2.05, 4.69) is 4.90 Å². The van der Waals surface area contributed by atoms with E-state index in [1.165, 1.54) is 25.0 Å². The Balaban J connectivity index is 1.43. The minimum Gasteiger partial charge on any atom is -0.368 e. The highest BCUT2D eigenvalue weighted by Crippen LogP contribution is 2.36. The number of halogens is 2. The molecule has 0 N–H and O–H groups in total. The van der Waals surface area contributed by atoms with Gasteiger partial charge < -0.3 is 9.64 Å². The summed E-state index contributed by atoms with van der Waals surface area (Å²) >= 11 is 0. The van der Waals surface area contributed by atoms with Crippen LogP contribution < -0.4 is 0 Å². The molecular formula is C18H22F2N2O2. The Bertz CT molecular complexity index is 630. The van der Waals surface area contributed by atoms with Gasteiger partial charge in [0.1, 0.15) is 17.7 Å². The molecule has 6 heteroatoms. The number of ether oxygens (including phenoxy) is 1. The molecular weight excluding hydrogens is 314 g/mol. The average molecular weight is 336 g/mol. The van der Waals surface area contributed by atoms with E-state index < -0.39 is 11.6 Å². The van der Waals surface area contributed by atoms with Crippen molar-refractivity contribution >= 4 is 5.91 Å². The van der Waals surface area contributed by atoms with Crippen molar-refractivity contribution in [3.05, 3.63) is 35.4 Å². The molecule has 1 amide bonds. The molecule has 4 nitrogen and oxygen atoms in total. The number of likely N-dealkylation sites (tertiary alicyclic amines) is 2.